The molecule has 0 atom stereocenters. The molecule has 0 bridgehead atoms. The van der Waals surface area contributed by atoms with Gasteiger partial charge in [0.1, 0.15) is 5.82 Å². The van der Waals surface area contributed by atoms with E-state index in [-0.39, 0.29) is 0 Å². The number of nitrogens with zero attached hydrogens (tertiary/aromatic N) is 3. The lowest BCUT2D eigenvalue weighted by molar-refractivity contribution is 0.754. The third-order valence-corrected chi connectivity index (χ3v) is 3.22. The van der Waals surface area contributed by atoms with Gasteiger partial charge in [-0.1, -0.05) is 13.0 Å². The van der Waals surface area contributed by atoms with E-state index in [0.29, 0.717) is 6.42 Å². The lowest BCUT2D eigenvalue weighted by atomic mass is 10.1. The predicted octanol–water partition coefficient (Wildman–Crippen LogP) is 1.63. The summed E-state index contributed by atoms with van der Waals surface area (Å²) >= 11 is 0. The SMILES string of the molecule is CCc1nc(Cc2ccccn2)nc2c1CNC2. The van der Waals surface area contributed by atoms with Crippen molar-refractivity contribution in [1.29, 1.82) is 0 Å². The van der Waals surface area contributed by atoms with Gasteiger partial charge in [0.05, 0.1) is 12.1 Å². The fourth-order valence-corrected chi connectivity index (χ4v) is 2.33. The molecule has 0 saturated heterocycles. The van der Waals surface area contributed by atoms with Crippen molar-refractivity contribution in [2.45, 2.75) is 32.9 Å². The van der Waals surface area contributed by atoms with Crippen LogP contribution in [0, 0.1) is 0 Å². The van der Waals surface area contributed by atoms with Crippen molar-refractivity contribution < 1.29 is 0 Å². The van der Waals surface area contributed by atoms with Crippen molar-refractivity contribution in [2.24, 2.45) is 0 Å². The van der Waals surface area contributed by atoms with E-state index in [4.69, 9.17) is 0 Å². The van der Waals surface area contributed by atoms with Gasteiger partial charge in [0, 0.05) is 36.2 Å². The minimum atomic E-state index is 0.709. The molecule has 0 saturated carbocycles. The van der Waals surface area contributed by atoms with Crippen LogP contribution in [0.3, 0.4) is 0 Å². The first kappa shape index (κ1) is 11.3. The number of aromatic nitrogens is 3. The molecule has 2 aromatic rings. The Morgan fingerprint density at radius 2 is 2.17 bits per heavy atom. The average molecular weight is 240 g/mol. The largest absolute Gasteiger partial charge is 0.307 e. The molecule has 0 spiro atoms. The van der Waals surface area contributed by atoms with E-state index in [2.05, 4.69) is 27.2 Å². The second kappa shape index (κ2) is 4.82. The number of nitrogens with one attached hydrogen (secondary N) is 1. The van der Waals surface area contributed by atoms with Crippen molar-refractivity contribution in [2.75, 3.05) is 0 Å². The fraction of sp³-hybridized carbons (Fsp3) is 0.357. The quantitative estimate of drug-likeness (QED) is 0.886. The first-order valence-electron chi connectivity index (χ1n) is 6.35. The Hall–Kier alpha value is -1.81. The van der Waals surface area contributed by atoms with Gasteiger partial charge < -0.3 is 5.32 Å². The van der Waals surface area contributed by atoms with Crippen molar-refractivity contribution in [1.82, 2.24) is 20.3 Å². The van der Waals surface area contributed by atoms with E-state index in [1.54, 1.807) is 0 Å². The van der Waals surface area contributed by atoms with Crippen LogP contribution < -0.4 is 5.32 Å². The highest BCUT2D eigenvalue weighted by Crippen LogP contribution is 2.18. The Morgan fingerprint density at radius 3 is 2.94 bits per heavy atom. The van der Waals surface area contributed by atoms with Gasteiger partial charge in [-0.2, -0.15) is 0 Å². The Bertz CT molecular complexity index is 551. The molecule has 2 aromatic heterocycles. The Kier molecular flexibility index (Phi) is 3.02. The zero-order valence-corrected chi connectivity index (χ0v) is 10.5. The highest BCUT2D eigenvalue weighted by Gasteiger charge is 2.17. The second-order valence-corrected chi connectivity index (χ2v) is 4.47. The van der Waals surface area contributed by atoms with Gasteiger partial charge in [-0.05, 0) is 18.6 Å². The molecule has 92 valence electrons. The van der Waals surface area contributed by atoms with Crippen LogP contribution in [0.25, 0.3) is 0 Å². The Balaban J connectivity index is 1.94. The maximum absolute atomic E-state index is 4.67. The van der Waals surface area contributed by atoms with Gasteiger partial charge in [-0.25, -0.2) is 9.97 Å². The molecule has 3 heterocycles. The molecular formula is C14H16N4. The topological polar surface area (TPSA) is 50.7 Å². The molecule has 0 amide bonds. The number of hydrogen-bond acceptors (Lipinski definition) is 4. The molecular weight excluding hydrogens is 224 g/mol. The van der Waals surface area contributed by atoms with E-state index in [9.17, 15) is 0 Å². The first-order valence-corrected chi connectivity index (χ1v) is 6.35. The van der Waals surface area contributed by atoms with E-state index in [1.807, 2.05) is 24.4 Å². The Labute approximate surface area is 107 Å². The van der Waals surface area contributed by atoms with E-state index in [1.165, 1.54) is 11.3 Å². The zero-order valence-electron chi connectivity index (χ0n) is 10.5. The van der Waals surface area contributed by atoms with E-state index >= 15 is 0 Å². The number of aryl methyl sites for hydroxylation is 1. The maximum Gasteiger partial charge on any atom is 0.134 e. The minimum absolute atomic E-state index is 0.709. The average Bonchev–Trinajstić information content (AvgIpc) is 2.87. The van der Waals surface area contributed by atoms with E-state index in [0.717, 1.165) is 36.7 Å². The lowest BCUT2D eigenvalue weighted by Gasteiger charge is -2.07. The van der Waals surface area contributed by atoms with Gasteiger partial charge in [-0.3, -0.25) is 4.98 Å². The molecule has 1 aliphatic rings. The Morgan fingerprint density at radius 1 is 1.22 bits per heavy atom. The van der Waals surface area contributed by atoms with Crippen molar-refractivity contribution in [3.05, 3.63) is 52.9 Å². The third kappa shape index (κ3) is 2.11. The molecule has 1 N–H and O–H groups in total. The van der Waals surface area contributed by atoms with Crippen LogP contribution >= 0.6 is 0 Å². The summed E-state index contributed by atoms with van der Waals surface area (Å²) in [7, 11) is 0. The molecule has 0 aromatic carbocycles. The van der Waals surface area contributed by atoms with Crippen LogP contribution in [-0.4, -0.2) is 15.0 Å². The van der Waals surface area contributed by atoms with Crippen LogP contribution in [0.15, 0.2) is 24.4 Å². The molecule has 1 aliphatic heterocycles. The minimum Gasteiger partial charge on any atom is -0.307 e. The number of pyridine rings is 1. The van der Waals surface area contributed by atoms with Gasteiger partial charge in [0.2, 0.25) is 0 Å². The highest BCUT2D eigenvalue weighted by molar-refractivity contribution is 5.30. The van der Waals surface area contributed by atoms with Crippen LogP contribution in [-0.2, 0) is 25.9 Å². The normalized spacial score (nSPS) is 13.6. The van der Waals surface area contributed by atoms with Crippen LogP contribution in [0.4, 0.5) is 0 Å². The second-order valence-electron chi connectivity index (χ2n) is 4.47. The molecule has 3 rings (SSSR count). The molecule has 0 unspecified atom stereocenters. The lowest BCUT2D eigenvalue weighted by Crippen LogP contribution is -2.06. The van der Waals surface area contributed by atoms with E-state index < -0.39 is 0 Å². The smallest absolute Gasteiger partial charge is 0.134 e. The molecule has 4 nitrogen and oxygen atoms in total. The maximum atomic E-state index is 4.67. The summed E-state index contributed by atoms with van der Waals surface area (Å²) in [6.45, 7) is 3.91. The van der Waals surface area contributed by atoms with Crippen LogP contribution in [0.2, 0.25) is 0 Å². The predicted molar refractivity (Wildman–Crippen MR) is 69.0 cm³/mol. The van der Waals surface area contributed by atoms with Crippen molar-refractivity contribution in [3.63, 3.8) is 0 Å². The number of hydrogen-bond donors (Lipinski definition) is 1. The molecule has 0 aliphatic carbocycles. The third-order valence-electron chi connectivity index (χ3n) is 3.22. The molecule has 0 fully saturated rings. The van der Waals surface area contributed by atoms with Crippen molar-refractivity contribution >= 4 is 0 Å². The summed E-state index contributed by atoms with van der Waals surface area (Å²) in [5, 5.41) is 3.34. The van der Waals surface area contributed by atoms with Crippen LogP contribution in [0.5, 0.6) is 0 Å². The molecule has 18 heavy (non-hydrogen) atoms. The standard InChI is InChI=1S/C14H16N4/c1-2-12-11-8-15-9-13(11)18-14(17-12)7-10-5-3-4-6-16-10/h3-6,15H,2,7-9H2,1H3. The zero-order chi connectivity index (χ0) is 12.4. The van der Waals surface area contributed by atoms with Gasteiger partial charge in [0.15, 0.2) is 0 Å². The van der Waals surface area contributed by atoms with Crippen molar-refractivity contribution in [3.8, 4) is 0 Å². The summed E-state index contributed by atoms with van der Waals surface area (Å²) < 4.78 is 0. The van der Waals surface area contributed by atoms with Crippen LogP contribution in [0.1, 0.15) is 35.4 Å². The number of rotatable bonds is 3. The fourth-order valence-electron chi connectivity index (χ4n) is 2.33. The summed E-state index contributed by atoms with van der Waals surface area (Å²) in [6, 6.07) is 5.94. The van der Waals surface area contributed by atoms with Gasteiger partial charge in [-0.15, -0.1) is 0 Å². The summed E-state index contributed by atoms with van der Waals surface area (Å²) in [4.78, 5) is 13.6. The number of fused-ring (bicyclic) bond motifs is 1. The summed E-state index contributed by atoms with van der Waals surface area (Å²) in [5.41, 5.74) is 4.65. The molecule has 4 heteroatoms. The summed E-state index contributed by atoms with van der Waals surface area (Å²) in [6.07, 6.45) is 3.48. The first-order chi connectivity index (χ1) is 8.86. The highest BCUT2D eigenvalue weighted by atomic mass is 15.0. The summed E-state index contributed by atoms with van der Waals surface area (Å²) in [5.74, 6) is 0.882. The van der Waals surface area contributed by atoms with Gasteiger partial charge in [0.25, 0.3) is 0 Å². The molecule has 0 radical (unpaired) electrons. The monoisotopic (exact) mass is 240 g/mol. The van der Waals surface area contributed by atoms with Gasteiger partial charge >= 0.3 is 0 Å².